The number of ether oxygens (including phenoxy) is 1. The van der Waals surface area contributed by atoms with Crippen LogP contribution in [0.4, 0.5) is 16.0 Å². The number of aliphatic hydroxyl groups excluding tert-OH is 1. The number of nitrogen functional groups attached to an aromatic ring is 1. The van der Waals surface area contributed by atoms with Gasteiger partial charge in [0, 0.05) is 38.7 Å². The number of hydrogen-bond donors (Lipinski definition) is 3. The Morgan fingerprint density at radius 1 is 1.19 bits per heavy atom. The van der Waals surface area contributed by atoms with Gasteiger partial charge < -0.3 is 20.3 Å². The van der Waals surface area contributed by atoms with Crippen molar-refractivity contribution in [3.63, 3.8) is 0 Å². The first-order chi connectivity index (χ1) is 15.4. The maximum Gasteiger partial charge on any atom is 0.220 e. The molecule has 1 aromatic heterocycles. The van der Waals surface area contributed by atoms with Gasteiger partial charge in [0.25, 0.3) is 0 Å². The third kappa shape index (κ3) is 4.40. The van der Waals surface area contributed by atoms with E-state index in [9.17, 15) is 5.11 Å². The molecule has 3 aromatic carbocycles. The monoisotopic (exact) mass is 490 g/mol. The van der Waals surface area contributed by atoms with E-state index in [0.29, 0.717) is 48.3 Å². The SMILES string of the molecule is COc1cc2nc(N)ncc2cc1-c1cccc(NSc2cc(Cl)cc(CO)c2Cl)c1F. The molecule has 1 heterocycles. The van der Waals surface area contributed by atoms with Crippen LogP contribution in [0.3, 0.4) is 0 Å². The van der Waals surface area contributed by atoms with Gasteiger partial charge in [-0.1, -0.05) is 35.3 Å². The Balaban J connectivity index is 1.71. The van der Waals surface area contributed by atoms with Gasteiger partial charge in [-0.2, -0.15) is 0 Å². The number of fused-ring (bicyclic) bond motifs is 1. The summed E-state index contributed by atoms with van der Waals surface area (Å²) in [6.45, 7) is -0.256. The molecule has 0 unspecified atom stereocenters. The highest BCUT2D eigenvalue weighted by Gasteiger charge is 2.17. The van der Waals surface area contributed by atoms with Crippen LogP contribution in [0.15, 0.2) is 53.6 Å². The van der Waals surface area contributed by atoms with Crippen molar-refractivity contribution in [2.24, 2.45) is 0 Å². The van der Waals surface area contributed by atoms with Gasteiger partial charge in [0.05, 0.1) is 29.9 Å². The smallest absolute Gasteiger partial charge is 0.220 e. The lowest BCUT2D eigenvalue weighted by Crippen LogP contribution is -1.98. The van der Waals surface area contributed by atoms with Gasteiger partial charge in [-0.05, 0) is 41.8 Å². The summed E-state index contributed by atoms with van der Waals surface area (Å²) >= 11 is 13.5. The summed E-state index contributed by atoms with van der Waals surface area (Å²) in [6, 6.07) is 11.7. The van der Waals surface area contributed by atoms with Crippen molar-refractivity contribution in [1.29, 1.82) is 0 Å². The zero-order chi connectivity index (χ0) is 22.8. The second-order valence-electron chi connectivity index (χ2n) is 6.75. The van der Waals surface area contributed by atoms with E-state index in [1.165, 1.54) is 7.11 Å². The number of hydrogen-bond acceptors (Lipinski definition) is 7. The molecule has 0 fully saturated rings. The summed E-state index contributed by atoms with van der Waals surface area (Å²) in [4.78, 5) is 8.75. The van der Waals surface area contributed by atoms with Crippen LogP contribution in [0.5, 0.6) is 5.75 Å². The molecular formula is C22H17Cl2FN4O2S. The number of halogens is 3. The first-order valence-electron chi connectivity index (χ1n) is 9.32. The fourth-order valence-electron chi connectivity index (χ4n) is 3.19. The minimum absolute atomic E-state index is 0.144. The van der Waals surface area contributed by atoms with Gasteiger partial charge in [0.15, 0.2) is 5.82 Å². The molecular weight excluding hydrogens is 474 g/mol. The Labute approximate surface area is 197 Å². The van der Waals surface area contributed by atoms with Gasteiger partial charge in [-0.15, -0.1) is 0 Å². The zero-order valence-corrected chi connectivity index (χ0v) is 19.0. The number of anilines is 2. The molecule has 0 aliphatic carbocycles. The van der Waals surface area contributed by atoms with Crippen molar-refractivity contribution in [2.45, 2.75) is 11.5 Å². The van der Waals surface area contributed by atoms with Crippen LogP contribution in [0.25, 0.3) is 22.0 Å². The number of nitrogens with zero attached hydrogens (tertiary/aromatic N) is 2. The van der Waals surface area contributed by atoms with E-state index in [4.69, 9.17) is 33.7 Å². The van der Waals surface area contributed by atoms with Gasteiger partial charge in [-0.3, -0.25) is 0 Å². The second-order valence-corrected chi connectivity index (χ2v) is 8.41. The molecule has 0 aliphatic heterocycles. The maximum atomic E-state index is 15.5. The van der Waals surface area contributed by atoms with Crippen LogP contribution in [-0.2, 0) is 6.61 Å². The Morgan fingerprint density at radius 3 is 2.75 bits per heavy atom. The largest absolute Gasteiger partial charge is 0.496 e. The van der Waals surface area contributed by atoms with Crippen molar-refractivity contribution in [1.82, 2.24) is 9.97 Å². The van der Waals surface area contributed by atoms with Gasteiger partial charge in [0.1, 0.15) is 5.75 Å². The molecule has 0 amide bonds. The third-order valence-electron chi connectivity index (χ3n) is 4.73. The quantitative estimate of drug-likeness (QED) is 0.287. The normalized spacial score (nSPS) is 11.0. The Morgan fingerprint density at radius 2 is 2.00 bits per heavy atom. The lowest BCUT2D eigenvalue weighted by atomic mass is 10.0. The molecule has 0 radical (unpaired) electrons. The molecule has 0 atom stereocenters. The first-order valence-corrected chi connectivity index (χ1v) is 10.9. The minimum Gasteiger partial charge on any atom is -0.496 e. The van der Waals surface area contributed by atoms with Crippen molar-refractivity contribution < 1.29 is 14.2 Å². The molecule has 0 saturated heterocycles. The van der Waals surface area contributed by atoms with E-state index in [-0.39, 0.29) is 18.2 Å². The van der Waals surface area contributed by atoms with E-state index < -0.39 is 5.82 Å². The fraction of sp³-hybridized carbons (Fsp3) is 0.0909. The second kappa shape index (κ2) is 9.38. The third-order valence-corrected chi connectivity index (χ3v) is 6.37. The Bertz CT molecular complexity index is 1320. The number of methoxy groups -OCH3 is 1. The molecule has 0 spiro atoms. The molecule has 6 nitrogen and oxygen atoms in total. The van der Waals surface area contributed by atoms with Crippen LogP contribution >= 0.6 is 35.1 Å². The van der Waals surface area contributed by atoms with Crippen molar-refractivity contribution >= 4 is 57.7 Å². The van der Waals surface area contributed by atoms with E-state index in [0.717, 1.165) is 11.9 Å². The first kappa shape index (κ1) is 22.4. The lowest BCUT2D eigenvalue weighted by Gasteiger charge is -2.15. The minimum atomic E-state index is -0.477. The number of aromatic nitrogens is 2. The number of nitrogens with one attached hydrogen (secondary N) is 1. The summed E-state index contributed by atoms with van der Waals surface area (Å²) in [5.74, 6) is 0.116. The van der Waals surface area contributed by atoms with E-state index >= 15 is 4.39 Å². The predicted molar refractivity (Wildman–Crippen MR) is 128 cm³/mol. The summed E-state index contributed by atoms with van der Waals surface area (Å²) in [5.41, 5.74) is 7.86. The molecule has 10 heteroatoms. The maximum absolute atomic E-state index is 15.5. The van der Waals surface area contributed by atoms with Crippen LogP contribution in [0.1, 0.15) is 5.56 Å². The Hall–Kier alpha value is -2.78. The molecule has 32 heavy (non-hydrogen) atoms. The van der Waals surface area contributed by atoms with Crippen LogP contribution in [-0.4, -0.2) is 22.2 Å². The highest BCUT2D eigenvalue weighted by molar-refractivity contribution is 8.00. The van der Waals surface area contributed by atoms with Gasteiger partial charge in [-0.25, -0.2) is 14.4 Å². The average molecular weight is 491 g/mol. The summed E-state index contributed by atoms with van der Waals surface area (Å²) < 4.78 is 23.9. The van der Waals surface area contributed by atoms with Gasteiger partial charge in [0.2, 0.25) is 5.95 Å². The zero-order valence-electron chi connectivity index (χ0n) is 16.7. The van der Waals surface area contributed by atoms with Crippen molar-refractivity contribution in [3.8, 4) is 16.9 Å². The summed E-state index contributed by atoms with van der Waals surface area (Å²) in [5, 5.41) is 10.9. The van der Waals surface area contributed by atoms with Crippen molar-refractivity contribution in [2.75, 3.05) is 17.6 Å². The van der Waals surface area contributed by atoms with Crippen molar-refractivity contribution in [3.05, 3.63) is 70.1 Å². The summed E-state index contributed by atoms with van der Waals surface area (Å²) in [6.07, 6.45) is 1.58. The van der Waals surface area contributed by atoms with E-state index in [1.807, 2.05) is 0 Å². The van der Waals surface area contributed by atoms with Crippen LogP contribution in [0.2, 0.25) is 10.0 Å². The van der Waals surface area contributed by atoms with Crippen LogP contribution < -0.4 is 15.2 Å². The Kier molecular flexibility index (Phi) is 6.57. The molecule has 0 bridgehead atoms. The number of rotatable bonds is 6. The lowest BCUT2D eigenvalue weighted by molar-refractivity contribution is 0.281. The molecule has 4 aromatic rings. The van der Waals surface area contributed by atoms with Gasteiger partial charge >= 0.3 is 0 Å². The average Bonchev–Trinajstić information content (AvgIpc) is 2.79. The molecule has 164 valence electrons. The van der Waals surface area contributed by atoms with Crippen LogP contribution in [0, 0.1) is 5.82 Å². The molecule has 4 rings (SSSR count). The number of benzene rings is 3. The molecule has 0 aliphatic rings. The topological polar surface area (TPSA) is 93.3 Å². The van der Waals surface area contributed by atoms with E-state index in [1.54, 1.807) is 48.7 Å². The highest BCUT2D eigenvalue weighted by atomic mass is 35.5. The summed E-state index contributed by atoms with van der Waals surface area (Å²) in [7, 11) is 1.50. The standard InChI is InChI=1S/C22H17Cl2FN4O2S/c1-31-18-8-17-11(9-27-22(26)28-17)6-15(18)14-3-2-4-16(21(14)25)29-32-19-7-13(23)5-12(10-30)20(19)24/h2-9,29-30H,10H2,1H3,(H2,26,27,28). The molecule has 0 saturated carbocycles. The predicted octanol–water partition coefficient (Wildman–Crippen LogP) is 5.95. The number of nitrogens with two attached hydrogens (primary N) is 1. The number of aliphatic hydroxyl groups is 1. The highest BCUT2D eigenvalue weighted by Crippen LogP contribution is 2.39. The van der Waals surface area contributed by atoms with E-state index in [2.05, 4.69) is 14.7 Å². The fourth-order valence-corrected chi connectivity index (χ4v) is 4.56. The molecule has 4 N–H and O–H groups in total.